The summed E-state index contributed by atoms with van der Waals surface area (Å²) in [6.07, 6.45) is 1.04. The molecular formula is C19H23ClN2O5S2. The second-order valence-electron chi connectivity index (χ2n) is 6.78. The lowest BCUT2D eigenvalue weighted by molar-refractivity contribution is 0.0172. The van der Waals surface area contributed by atoms with Crippen LogP contribution in [0.15, 0.2) is 58.3 Å². The van der Waals surface area contributed by atoms with Gasteiger partial charge in [-0.15, -0.1) is 0 Å². The highest BCUT2D eigenvalue weighted by Crippen LogP contribution is 2.28. The van der Waals surface area contributed by atoms with Crippen molar-refractivity contribution in [3.63, 3.8) is 0 Å². The fraction of sp³-hybridized carbons (Fsp3) is 0.368. The zero-order valence-corrected chi connectivity index (χ0v) is 18.3. The molecule has 0 saturated carbocycles. The molecule has 7 nitrogen and oxygen atoms in total. The number of halogens is 1. The minimum atomic E-state index is -3.91. The van der Waals surface area contributed by atoms with Gasteiger partial charge in [-0.1, -0.05) is 35.9 Å². The first kappa shape index (κ1) is 22.2. The third-order valence-corrected chi connectivity index (χ3v) is 7.64. The normalized spacial score (nSPS) is 17.2. The van der Waals surface area contributed by atoms with Crippen LogP contribution in [0, 0.1) is 0 Å². The van der Waals surface area contributed by atoms with Crippen LogP contribution in [-0.4, -0.2) is 60.8 Å². The van der Waals surface area contributed by atoms with E-state index in [0.29, 0.717) is 31.3 Å². The first-order valence-electron chi connectivity index (χ1n) is 9.04. The SMILES string of the molecule is CS(=O)(=O)c1cccc(S(=O)(=O)NCC(c2ccccc2Cl)N2CCOCC2)c1. The summed E-state index contributed by atoms with van der Waals surface area (Å²) >= 11 is 6.37. The molecule has 1 aliphatic heterocycles. The van der Waals surface area contributed by atoms with Gasteiger partial charge >= 0.3 is 0 Å². The Balaban J connectivity index is 1.86. The molecule has 0 radical (unpaired) electrons. The number of rotatable bonds is 7. The lowest BCUT2D eigenvalue weighted by Crippen LogP contribution is -2.43. The van der Waals surface area contributed by atoms with Crippen LogP contribution >= 0.6 is 11.6 Å². The maximum Gasteiger partial charge on any atom is 0.240 e. The lowest BCUT2D eigenvalue weighted by Gasteiger charge is -2.35. The van der Waals surface area contributed by atoms with Gasteiger partial charge in [0.15, 0.2) is 9.84 Å². The molecule has 0 amide bonds. The highest BCUT2D eigenvalue weighted by Gasteiger charge is 2.26. The Bertz CT molecular complexity index is 1070. The van der Waals surface area contributed by atoms with Gasteiger partial charge in [0.25, 0.3) is 0 Å². The molecule has 1 unspecified atom stereocenters. The molecule has 1 heterocycles. The molecule has 3 rings (SSSR count). The molecule has 1 aliphatic rings. The molecule has 1 N–H and O–H groups in total. The first-order valence-corrected chi connectivity index (χ1v) is 12.8. The van der Waals surface area contributed by atoms with Crippen LogP contribution in [0.3, 0.4) is 0 Å². The van der Waals surface area contributed by atoms with Gasteiger partial charge in [-0.25, -0.2) is 21.6 Å². The smallest absolute Gasteiger partial charge is 0.240 e. The third kappa shape index (κ3) is 5.56. The van der Waals surface area contributed by atoms with E-state index in [2.05, 4.69) is 9.62 Å². The molecule has 10 heteroatoms. The Kier molecular flexibility index (Phi) is 6.98. The van der Waals surface area contributed by atoms with Crippen LogP contribution in [-0.2, 0) is 24.6 Å². The minimum Gasteiger partial charge on any atom is -0.379 e. The molecule has 1 saturated heterocycles. The highest BCUT2D eigenvalue weighted by atomic mass is 35.5. The van der Waals surface area contributed by atoms with E-state index < -0.39 is 19.9 Å². The van der Waals surface area contributed by atoms with Crippen LogP contribution in [0.25, 0.3) is 0 Å². The van der Waals surface area contributed by atoms with E-state index in [1.807, 2.05) is 18.2 Å². The molecule has 1 fully saturated rings. The van der Waals surface area contributed by atoms with Gasteiger partial charge < -0.3 is 4.74 Å². The van der Waals surface area contributed by atoms with Crippen molar-refractivity contribution in [2.45, 2.75) is 15.8 Å². The van der Waals surface area contributed by atoms with Crippen molar-refractivity contribution in [2.75, 3.05) is 39.1 Å². The Morgan fingerprint density at radius 3 is 2.34 bits per heavy atom. The molecule has 158 valence electrons. The van der Waals surface area contributed by atoms with Gasteiger partial charge in [0, 0.05) is 37.0 Å². The van der Waals surface area contributed by atoms with E-state index in [1.54, 1.807) is 6.07 Å². The fourth-order valence-corrected chi connectivity index (χ4v) is 5.30. The maximum atomic E-state index is 12.8. The van der Waals surface area contributed by atoms with Crippen molar-refractivity contribution in [3.8, 4) is 0 Å². The average molecular weight is 459 g/mol. The Morgan fingerprint density at radius 1 is 1.03 bits per heavy atom. The topological polar surface area (TPSA) is 92.8 Å². The molecule has 2 aromatic carbocycles. The Morgan fingerprint density at radius 2 is 1.69 bits per heavy atom. The summed E-state index contributed by atoms with van der Waals surface area (Å²) in [7, 11) is -7.43. The van der Waals surface area contributed by atoms with Crippen molar-refractivity contribution >= 4 is 31.5 Å². The number of nitrogens with one attached hydrogen (secondary N) is 1. The third-order valence-electron chi connectivity index (χ3n) is 4.76. The van der Waals surface area contributed by atoms with Crippen molar-refractivity contribution < 1.29 is 21.6 Å². The summed E-state index contributed by atoms with van der Waals surface area (Å²) in [5, 5.41) is 0.558. The van der Waals surface area contributed by atoms with Gasteiger partial charge in [-0.05, 0) is 29.8 Å². The van der Waals surface area contributed by atoms with E-state index in [0.717, 1.165) is 17.9 Å². The number of benzene rings is 2. The zero-order valence-electron chi connectivity index (χ0n) is 15.9. The average Bonchev–Trinajstić information content (AvgIpc) is 2.70. The monoisotopic (exact) mass is 458 g/mol. The minimum absolute atomic E-state index is 0.0452. The summed E-state index contributed by atoms with van der Waals surface area (Å²) in [6.45, 7) is 2.52. The Hall–Kier alpha value is -1.49. The van der Waals surface area contributed by atoms with E-state index >= 15 is 0 Å². The first-order chi connectivity index (χ1) is 13.7. The van der Waals surface area contributed by atoms with Gasteiger partial charge in [-0.2, -0.15) is 0 Å². The number of hydrogen-bond donors (Lipinski definition) is 1. The lowest BCUT2D eigenvalue weighted by atomic mass is 10.0. The summed E-state index contributed by atoms with van der Waals surface area (Å²) < 4.78 is 57.2. The summed E-state index contributed by atoms with van der Waals surface area (Å²) in [5.41, 5.74) is 0.823. The molecule has 0 spiro atoms. The molecule has 0 aromatic heterocycles. The summed E-state index contributed by atoms with van der Waals surface area (Å²) in [4.78, 5) is 1.98. The molecule has 0 aliphatic carbocycles. The number of sulfone groups is 1. The molecule has 29 heavy (non-hydrogen) atoms. The van der Waals surface area contributed by atoms with Crippen LogP contribution in [0.2, 0.25) is 5.02 Å². The van der Waals surface area contributed by atoms with Gasteiger partial charge in [0.05, 0.1) is 23.0 Å². The van der Waals surface area contributed by atoms with Crippen molar-refractivity contribution in [2.24, 2.45) is 0 Å². The summed E-state index contributed by atoms with van der Waals surface area (Å²) in [6, 6.07) is 12.4. The molecule has 1 atom stereocenters. The molecular weight excluding hydrogens is 436 g/mol. The number of hydrogen-bond acceptors (Lipinski definition) is 6. The fourth-order valence-electron chi connectivity index (χ4n) is 3.21. The predicted octanol–water partition coefficient (Wildman–Crippen LogP) is 2.10. The number of nitrogens with zero attached hydrogens (tertiary/aromatic N) is 1. The van der Waals surface area contributed by atoms with E-state index in [-0.39, 0.29) is 22.4 Å². The second kappa shape index (κ2) is 9.11. The number of ether oxygens (including phenoxy) is 1. The van der Waals surface area contributed by atoms with E-state index in [9.17, 15) is 16.8 Å². The summed E-state index contributed by atoms with van der Waals surface area (Å²) in [5.74, 6) is 0. The standard InChI is InChI=1S/C19H23ClN2O5S2/c1-28(23,24)15-5-4-6-16(13-15)29(25,26)21-14-19(22-9-11-27-12-10-22)17-7-2-3-8-18(17)20/h2-8,13,19,21H,9-12,14H2,1H3. The quantitative estimate of drug-likeness (QED) is 0.683. The zero-order chi connectivity index (χ0) is 21.1. The van der Waals surface area contributed by atoms with Crippen molar-refractivity contribution in [1.82, 2.24) is 9.62 Å². The van der Waals surface area contributed by atoms with Gasteiger partial charge in [-0.3, -0.25) is 4.90 Å². The van der Waals surface area contributed by atoms with Gasteiger partial charge in [0.2, 0.25) is 10.0 Å². The van der Waals surface area contributed by atoms with Crippen molar-refractivity contribution in [1.29, 1.82) is 0 Å². The van der Waals surface area contributed by atoms with E-state index in [1.165, 1.54) is 18.2 Å². The maximum absolute atomic E-state index is 12.8. The van der Waals surface area contributed by atoms with E-state index in [4.69, 9.17) is 16.3 Å². The van der Waals surface area contributed by atoms with Crippen LogP contribution in [0.1, 0.15) is 11.6 Å². The molecule has 0 bridgehead atoms. The predicted molar refractivity (Wildman–Crippen MR) is 111 cm³/mol. The van der Waals surface area contributed by atoms with Gasteiger partial charge in [0.1, 0.15) is 0 Å². The molecule has 2 aromatic rings. The second-order valence-corrected chi connectivity index (χ2v) is 11.0. The highest BCUT2D eigenvalue weighted by molar-refractivity contribution is 7.91. The van der Waals surface area contributed by atoms with Crippen LogP contribution < -0.4 is 4.72 Å². The van der Waals surface area contributed by atoms with Crippen LogP contribution in [0.5, 0.6) is 0 Å². The number of morpholine rings is 1. The number of sulfonamides is 1. The van der Waals surface area contributed by atoms with Crippen molar-refractivity contribution in [3.05, 3.63) is 59.1 Å². The Labute approximate surface area is 176 Å². The van der Waals surface area contributed by atoms with Crippen LogP contribution in [0.4, 0.5) is 0 Å². The largest absolute Gasteiger partial charge is 0.379 e.